The van der Waals surface area contributed by atoms with Crippen LogP contribution in [0, 0.1) is 5.82 Å². The maximum Gasteiger partial charge on any atom is 0.325 e. The van der Waals surface area contributed by atoms with E-state index in [1.165, 1.54) is 30.5 Å². The van der Waals surface area contributed by atoms with Crippen LogP contribution in [0.2, 0.25) is 0 Å². The maximum atomic E-state index is 13.0. The first-order valence-corrected chi connectivity index (χ1v) is 8.92. The molecule has 9 nitrogen and oxygen atoms in total. The Labute approximate surface area is 169 Å². The summed E-state index contributed by atoms with van der Waals surface area (Å²) in [4.78, 5) is 52.9. The van der Waals surface area contributed by atoms with Crippen molar-refractivity contribution < 1.29 is 23.5 Å². The summed E-state index contributed by atoms with van der Waals surface area (Å²) in [5.74, 6) is -2.32. The largest absolute Gasteiger partial charge is 0.465 e. The van der Waals surface area contributed by atoms with Crippen LogP contribution in [0.3, 0.4) is 0 Å². The molecule has 0 saturated carbocycles. The van der Waals surface area contributed by atoms with Crippen LogP contribution in [0.5, 0.6) is 0 Å². The summed E-state index contributed by atoms with van der Waals surface area (Å²) in [6, 6.07) is 7.72. The smallest absolute Gasteiger partial charge is 0.325 e. The van der Waals surface area contributed by atoms with E-state index >= 15 is 0 Å². The van der Waals surface area contributed by atoms with E-state index in [0.717, 1.165) is 22.7 Å². The number of carbonyl (C=O) groups is 3. The third-order valence-electron chi connectivity index (χ3n) is 4.03. The van der Waals surface area contributed by atoms with Gasteiger partial charge in [-0.25, -0.2) is 9.37 Å². The van der Waals surface area contributed by atoms with E-state index in [0.29, 0.717) is 0 Å². The normalized spacial score (nSPS) is 10.5. The van der Waals surface area contributed by atoms with Gasteiger partial charge in [-0.2, -0.15) is 0 Å². The second-order valence-corrected chi connectivity index (χ2v) is 6.04. The van der Waals surface area contributed by atoms with Crippen LogP contribution in [0.25, 0.3) is 5.65 Å². The Morgan fingerprint density at radius 3 is 2.57 bits per heavy atom. The van der Waals surface area contributed by atoms with Crippen molar-refractivity contribution >= 4 is 29.1 Å². The quantitative estimate of drug-likeness (QED) is 0.591. The number of aromatic nitrogens is 2. The van der Waals surface area contributed by atoms with Crippen LogP contribution in [-0.4, -0.2) is 40.3 Å². The van der Waals surface area contributed by atoms with Crippen molar-refractivity contribution in [3.05, 3.63) is 76.1 Å². The number of esters is 1. The number of nitrogens with zero attached hydrogens (tertiary/aromatic N) is 2. The van der Waals surface area contributed by atoms with Crippen molar-refractivity contribution in [3.8, 4) is 0 Å². The van der Waals surface area contributed by atoms with Gasteiger partial charge >= 0.3 is 5.97 Å². The van der Waals surface area contributed by atoms with Crippen molar-refractivity contribution in [1.82, 2.24) is 14.7 Å². The maximum absolute atomic E-state index is 13.0. The molecule has 3 aromatic rings. The predicted octanol–water partition coefficient (Wildman–Crippen LogP) is 1.38. The minimum Gasteiger partial charge on any atom is -0.465 e. The molecule has 0 atom stereocenters. The zero-order valence-electron chi connectivity index (χ0n) is 15.8. The molecule has 2 amide bonds. The molecule has 0 saturated heterocycles. The van der Waals surface area contributed by atoms with E-state index in [1.807, 2.05) is 0 Å². The van der Waals surface area contributed by atoms with Crippen molar-refractivity contribution in [2.45, 2.75) is 6.92 Å². The predicted molar refractivity (Wildman–Crippen MR) is 105 cm³/mol. The van der Waals surface area contributed by atoms with E-state index in [4.69, 9.17) is 4.74 Å². The van der Waals surface area contributed by atoms with E-state index in [-0.39, 0.29) is 35.6 Å². The molecule has 0 bridgehead atoms. The van der Waals surface area contributed by atoms with Crippen LogP contribution < -0.4 is 16.2 Å². The first-order valence-electron chi connectivity index (χ1n) is 8.92. The number of carbonyl (C=O) groups excluding carboxylic acids is 3. The number of amides is 2. The Bertz CT molecular complexity index is 1170. The summed E-state index contributed by atoms with van der Waals surface area (Å²) in [7, 11) is 0. The standard InChI is InChI=1S/C20H17FN4O5/c1-2-30-16(26)11-23-19(28)14-4-3-9-25-17(14)22-10-15(20(25)29)24-18(27)12-5-7-13(21)8-6-12/h3-10H,2,11H2,1H3,(H,23,28)(H,24,27). The van der Waals surface area contributed by atoms with Gasteiger partial charge < -0.3 is 15.4 Å². The number of fused-ring (bicyclic) bond motifs is 1. The van der Waals surface area contributed by atoms with Crippen LogP contribution in [-0.2, 0) is 9.53 Å². The van der Waals surface area contributed by atoms with Crippen LogP contribution >= 0.6 is 0 Å². The summed E-state index contributed by atoms with van der Waals surface area (Å²) in [5, 5.41) is 4.82. The lowest BCUT2D eigenvalue weighted by Gasteiger charge is -2.10. The van der Waals surface area contributed by atoms with Gasteiger partial charge in [0.05, 0.1) is 18.4 Å². The minimum atomic E-state index is -0.615. The van der Waals surface area contributed by atoms with Crippen LogP contribution in [0.1, 0.15) is 27.6 Å². The molecule has 2 aromatic heterocycles. The molecule has 0 spiro atoms. The molecule has 0 radical (unpaired) electrons. The molecule has 30 heavy (non-hydrogen) atoms. The van der Waals surface area contributed by atoms with Gasteiger partial charge in [0.25, 0.3) is 17.4 Å². The van der Waals surface area contributed by atoms with Crippen molar-refractivity contribution in [1.29, 1.82) is 0 Å². The number of ether oxygens (including phenoxy) is 1. The molecule has 0 unspecified atom stereocenters. The number of halogens is 1. The highest BCUT2D eigenvalue weighted by molar-refractivity contribution is 6.04. The summed E-state index contributed by atoms with van der Waals surface area (Å²) in [6.45, 7) is 1.50. The van der Waals surface area contributed by atoms with E-state index in [1.54, 1.807) is 6.92 Å². The van der Waals surface area contributed by atoms with Gasteiger partial charge in [0, 0.05) is 11.8 Å². The molecule has 0 fully saturated rings. The highest BCUT2D eigenvalue weighted by atomic mass is 19.1. The molecule has 2 heterocycles. The summed E-state index contributed by atoms with van der Waals surface area (Å²) < 4.78 is 18.8. The second-order valence-electron chi connectivity index (χ2n) is 6.04. The SMILES string of the molecule is CCOC(=O)CNC(=O)c1cccn2c(=O)c(NC(=O)c3ccc(F)cc3)cnc12. The number of anilines is 1. The van der Waals surface area contributed by atoms with E-state index in [9.17, 15) is 23.6 Å². The van der Waals surface area contributed by atoms with Crippen molar-refractivity contribution in [2.75, 3.05) is 18.5 Å². The number of nitrogens with one attached hydrogen (secondary N) is 2. The van der Waals surface area contributed by atoms with Crippen molar-refractivity contribution in [3.63, 3.8) is 0 Å². The van der Waals surface area contributed by atoms with Gasteiger partial charge in [0.2, 0.25) is 0 Å². The number of benzene rings is 1. The molecule has 2 N–H and O–H groups in total. The average Bonchev–Trinajstić information content (AvgIpc) is 2.74. The molecule has 1 aromatic carbocycles. The zero-order valence-corrected chi connectivity index (χ0v) is 15.8. The lowest BCUT2D eigenvalue weighted by molar-refractivity contribution is -0.141. The van der Waals surface area contributed by atoms with Crippen LogP contribution in [0.15, 0.2) is 53.6 Å². The molecule has 0 aliphatic carbocycles. The third-order valence-corrected chi connectivity index (χ3v) is 4.03. The Kier molecular flexibility index (Phi) is 6.16. The van der Waals surface area contributed by atoms with Gasteiger partial charge in [-0.3, -0.25) is 23.6 Å². The second kappa shape index (κ2) is 8.95. The minimum absolute atomic E-state index is 0.0450. The van der Waals surface area contributed by atoms with Gasteiger partial charge in [-0.05, 0) is 43.3 Å². The number of hydrogen-bond acceptors (Lipinski definition) is 6. The molecular formula is C20H17FN4O5. The summed E-state index contributed by atoms with van der Waals surface area (Å²) in [5.41, 5.74) is -0.464. The fourth-order valence-electron chi connectivity index (χ4n) is 2.62. The highest BCUT2D eigenvalue weighted by Crippen LogP contribution is 2.10. The Morgan fingerprint density at radius 1 is 1.13 bits per heavy atom. The van der Waals surface area contributed by atoms with Gasteiger partial charge in [-0.1, -0.05) is 0 Å². The molecule has 0 aliphatic rings. The fourth-order valence-corrected chi connectivity index (χ4v) is 2.62. The van der Waals surface area contributed by atoms with Gasteiger partial charge in [-0.15, -0.1) is 0 Å². The van der Waals surface area contributed by atoms with E-state index in [2.05, 4.69) is 15.6 Å². The summed E-state index contributed by atoms with van der Waals surface area (Å²) >= 11 is 0. The molecule has 10 heteroatoms. The third kappa shape index (κ3) is 4.49. The van der Waals surface area contributed by atoms with E-state index < -0.39 is 29.2 Å². The first-order chi connectivity index (χ1) is 14.4. The lowest BCUT2D eigenvalue weighted by Crippen LogP contribution is -2.32. The number of hydrogen-bond donors (Lipinski definition) is 2. The average molecular weight is 412 g/mol. The Balaban J connectivity index is 1.85. The van der Waals surface area contributed by atoms with Gasteiger partial charge in [0.1, 0.15) is 18.0 Å². The fraction of sp³-hybridized carbons (Fsp3) is 0.150. The molecule has 3 rings (SSSR count). The number of rotatable bonds is 6. The monoisotopic (exact) mass is 412 g/mol. The zero-order chi connectivity index (χ0) is 21.7. The molecular weight excluding hydrogens is 395 g/mol. The molecule has 154 valence electrons. The Hall–Kier alpha value is -4.08. The number of pyridine rings is 1. The van der Waals surface area contributed by atoms with Crippen LogP contribution in [0.4, 0.5) is 10.1 Å². The van der Waals surface area contributed by atoms with Gasteiger partial charge in [0.15, 0.2) is 5.65 Å². The lowest BCUT2D eigenvalue weighted by atomic mass is 10.2. The Morgan fingerprint density at radius 2 is 1.87 bits per heavy atom. The first kappa shape index (κ1) is 20.6. The highest BCUT2D eigenvalue weighted by Gasteiger charge is 2.16. The van der Waals surface area contributed by atoms with Crippen molar-refractivity contribution in [2.24, 2.45) is 0 Å². The summed E-state index contributed by atoms with van der Waals surface area (Å²) in [6.07, 6.45) is 2.52. The topological polar surface area (TPSA) is 119 Å². The molecule has 0 aliphatic heterocycles.